The van der Waals surface area contributed by atoms with Crippen LogP contribution >= 0.6 is 7.75 Å². The summed E-state index contributed by atoms with van der Waals surface area (Å²) in [6.07, 6.45) is 18.5. The Morgan fingerprint density at radius 1 is 1.00 bits per heavy atom. The number of nitrogen functional groups attached to an aromatic ring is 1. The van der Waals surface area contributed by atoms with Gasteiger partial charge in [-0.05, 0) is 49.8 Å². The lowest BCUT2D eigenvalue weighted by Gasteiger charge is -2.30. The molecule has 2 aromatic carbocycles. The zero-order valence-electron chi connectivity index (χ0n) is 34.3. The summed E-state index contributed by atoms with van der Waals surface area (Å²) in [5.74, 6) is 1.93. The second kappa shape index (κ2) is 22.8. The van der Waals surface area contributed by atoms with E-state index in [0.29, 0.717) is 0 Å². The number of rotatable bonds is 26. The number of esters is 1. The van der Waals surface area contributed by atoms with Crippen LogP contribution < -0.4 is 15.3 Å². The maximum Gasteiger partial charge on any atom is 0.459 e. The van der Waals surface area contributed by atoms with Gasteiger partial charge in [0.05, 0.1) is 6.33 Å². The monoisotopic (exact) mass is 834 g/mol. The predicted octanol–water partition coefficient (Wildman–Crippen LogP) is 9.02. The number of carbonyl (C=O) groups excluding carboxylic acids is 1. The first-order valence-electron chi connectivity index (χ1n) is 21.1. The maximum absolute atomic E-state index is 15.0. The first kappa shape index (κ1) is 45.7. The van der Waals surface area contributed by atoms with Gasteiger partial charge < -0.3 is 24.8 Å². The van der Waals surface area contributed by atoms with Crippen molar-refractivity contribution >= 4 is 30.7 Å². The third-order valence-corrected chi connectivity index (χ3v) is 12.2. The topological polar surface area (TPSA) is 173 Å². The Morgan fingerprint density at radius 2 is 1.61 bits per heavy atom. The van der Waals surface area contributed by atoms with E-state index in [2.05, 4.69) is 39.8 Å². The molecule has 15 heteroatoms. The molecular formula is C44H60FN6O7P. The molecule has 0 saturated carbocycles. The van der Waals surface area contributed by atoms with E-state index >= 15 is 0 Å². The van der Waals surface area contributed by atoms with Crippen LogP contribution in [-0.2, 0) is 29.8 Å². The summed E-state index contributed by atoms with van der Waals surface area (Å²) < 4.78 is 55.2. The van der Waals surface area contributed by atoms with Crippen LogP contribution in [0.5, 0.6) is 5.75 Å². The summed E-state index contributed by atoms with van der Waals surface area (Å²) in [5, 5.41) is 14.3. The molecule has 4 aromatic rings. The number of unbranched alkanes of at least 4 members (excludes halogenated alkanes) is 10. The normalized spacial score (nSPS) is 19.4. The van der Waals surface area contributed by atoms with Crippen LogP contribution in [-0.4, -0.2) is 61.1 Å². The number of benzene rings is 2. The average molecular weight is 835 g/mol. The fourth-order valence-corrected chi connectivity index (χ4v) is 8.79. The number of imidazole rings is 1. The van der Waals surface area contributed by atoms with Crippen LogP contribution in [0.2, 0.25) is 0 Å². The van der Waals surface area contributed by atoms with Crippen LogP contribution in [0.4, 0.5) is 10.2 Å². The molecule has 0 amide bonds. The summed E-state index contributed by atoms with van der Waals surface area (Å²) >= 11 is 0. The Balaban J connectivity index is 1.37. The van der Waals surface area contributed by atoms with Crippen molar-refractivity contribution in [1.29, 1.82) is 0 Å². The molecule has 5 rings (SSSR count). The van der Waals surface area contributed by atoms with Crippen molar-refractivity contribution in [1.82, 2.24) is 24.6 Å². The van der Waals surface area contributed by atoms with Crippen LogP contribution in [0.15, 0.2) is 67.0 Å². The number of nitrogens with zero attached hydrogens (tertiary/aromatic N) is 4. The number of nitrogens with one attached hydrogen (secondary N) is 1. The molecular weight excluding hydrogens is 774 g/mol. The largest absolute Gasteiger partial charge is 0.461 e. The number of anilines is 1. The van der Waals surface area contributed by atoms with Gasteiger partial charge in [-0.3, -0.25) is 13.9 Å². The van der Waals surface area contributed by atoms with Crippen molar-refractivity contribution in [3.8, 4) is 18.1 Å². The molecule has 0 bridgehead atoms. The lowest BCUT2D eigenvalue weighted by atomic mass is 9.99. The second-order valence-electron chi connectivity index (χ2n) is 15.3. The molecule has 1 aliphatic heterocycles. The van der Waals surface area contributed by atoms with Gasteiger partial charge in [0.1, 0.15) is 36.8 Å². The van der Waals surface area contributed by atoms with Crippen LogP contribution in [0, 0.1) is 18.4 Å². The molecule has 3 heterocycles. The van der Waals surface area contributed by atoms with Gasteiger partial charge in [-0.25, -0.2) is 9.55 Å². The highest BCUT2D eigenvalue weighted by atomic mass is 31.2. The minimum atomic E-state index is -4.52. The number of carbonyl (C=O) groups is 1. The van der Waals surface area contributed by atoms with Gasteiger partial charge in [-0.15, -0.1) is 6.42 Å². The minimum absolute atomic E-state index is 0.0363. The molecule has 0 spiro atoms. The van der Waals surface area contributed by atoms with Crippen molar-refractivity contribution in [2.24, 2.45) is 0 Å². The molecule has 2 aromatic heterocycles. The highest BCUT2D eigenvalue weighted by Gasteiger charge is 2.50. The van der Waals surface area contributed by atoms with Gasteiger partial charge in [0.2, 0.25) is 0 Å². The number of aromatic nitrogens is 4. The summed E-state index contributed by atoms with van der Waals surface area (Å²) in [5.41, 5.74) is 4.97. The number of hydrogen-bond donors (Lipinski definition) is 3. The Labute approximate surface area is 347 Å². The number of para-hydroxylation sites is 1. The number of halogens is 1. The Kier molecular flexibility index (Phi) is 17.7. The number of aliphatic hydroxyl groups excluding tert-OH is 1. The molecule has 1 aliphatic rings. The van der Waals surface area contributed by atoms with Gasteiger partial charge in [0.25, 0.3) is 0 Å². The van der Waals surface area contributed by atoms with E-state index in [1.165, 1.54) is 49.4 Å². The highest BCUT2D eigenvalue weighted by molar-refractivity contribution is 7.52. The Morgan fingerprint density at radius 3 is 2.24 bits per heavy atom. The lowest BCUT2D eigenvalue weighted by molar-refractivity contribution is -0.152. The summed E-state index contributed by atoms with van der Waals surface area (Å²) in [4.78, 5) is 25.8. The predicted molar refractivity (Wildman–Crippen MR) is 226 cm³/mol. The van der Waals surface area contributed by atoms with Gasteiger partial charge in [0, 0.05) is 6.42 Å². The van der Waals surface area contributed by atoms with Crippen LogP contribution in [0.3, 0.4) is 0 Å². The quantitative estimate of drug-likeness (QED) is 0.0180. The number of ether oxygens (including phenoxy) is 2. The smallest absolute Gasteiger partial charge is 0.459 e. The minimum Gasteiger partial charge on any atom is -0.461 e. The fourth-order valence-electron chi connectivity index (χ4n) is 7.27. The summed E-state index contributed by atoms with van der Waals surface area (Å²) in [6, 6.07) is 16.6. The van der Waals surface area contributed by atoms with Crippen molar-refractivity contribution in [2.75, 3.05) is 12.3 Å². The maximum atomic E-state index is 15.0. The van der Waals surface area contributed by atoms with E-state index < -0.39 is 50.4 Å². The van der Waals surface area contributed by atoms with Crippen molar-refractivity contribution in [3.63, 3.8) is 0 Å². The first-order valence-corrected chi connectivity index (χ1v) is 22.6. The molecule has 1 saturated heterocycles. The fraction of sp³-hybridized carbons (Fsp3) is 0.545. The lowest BCUT2D eigenvalue weighted by Crippen LogP contribution is -2.45. The third kappa shape index (κ3) is 13.3. The summed E-state index contributed by atoms with van der Waals surface area (Å²) in [7, 11) is -4.52. The molecule has 5 atom stereocenters. The molecule has 13 nitrogen and oxygen atoms in total. The third-order valence-electron chi connectivity index (χ3n) is 10.6. The van der Waals surface area contributed by atoms with Crippen molar-refractivity contribution in [2.45, 2.75) is 147 Å². The molecule has 4 N–H and O–H groups in total. The van der Waals surface area contributed by atoms with Crippen LogP contribution in [0.25, 0.3) is 11.2 Å². The van der Waals surface area contributed by atoms with Crippen molar-refractivity contribution in [3.05, 3.63) is 78.6 Å². The number of terminal acetylenes is 1. The van der Waals surface area contributed by atoms with Gasteiger partial charge >= 0.3 is 19.8 Å². The standard InChI is InChI=1S/C44H60FN6O7P/c1-4-7-9-11-13-19-25-34(26-20-14-12-10-8-5-2)56-42(53)36(29-33-23-17-15-18-24-33)50-59(54,58-35-27-21-16-22-28-35)55-31-44(6-3)37(52)30-38(57-44)51-32-47-39-40(46)48-43(45)49-41(39)51/h3,15-18,21-24,27-28,32,34,36-38,52H,4-5,7-14,19-20,25-26,29-31H2,1-2H3,(H,50,54)(H2,46,48,49)/t36-,37-,38+,44+,59+/m0/s1. The molecule has 0 unspecified atom stereocenters. The van der Waals surface area contributed by atoms with Gasteiger partial charge in [-0.2, -0.15) is 19.4 Å². The molecule has 0 radical (unpaired) electrons. The van der Waals surface area contributed by atoms with Gasteiger partial charge in [-0.1, -0.05) is 133 Å². The zero-order valence-corrected chi connectivity index (χ0v) is 35.2. The second-order valence-corrected chi connectivity index (χ2v) is 17.0. The van der Waals surface area contributed by atoms with E-state index in [1.54, 1.807) is 30.3 Å². The zero-order chi connectivity index (χ0) is 42.1. The number of aliphatic hydroxyl groups is 1. The van der Waals surface area contributed by atoms with Gasteiger partial charge in [0.15, 0.2) is 22.6 Å². The van der Waals surface area contributed by atoms with Crippen molar-refractivity contribution < 1.29 is 37.4 Å². The highest BCUT2D eigenvalue weighted by Crippen LogP contribution is 2.48. The summed E-state index contributed by atoms with van der Waals surface area (Å²) in [6.45, 7) is 3.77. The number of nitrogens with two attached hydrogens (primary N) is 1. The van der Waals surface area contributed by atoms with E-state index in [1.807, 2.05) is 30.3 Å². The van der Waals surface area contributed by atoms with E-state index in [4.69, 9.17) is 30.7 Å². The Hall–Kier alpha value is -4.38. The van der Waals surface area contributed by atoms with E-state index in [0.717, 1.165) is 56.9 Å². The Bertz CT molecular complexity index is 1970. The van der Waals surface area contributed by atoms with Crippen LogP contribution in [0.1, 0.15) is 122 Å². The average Bonchev–Trinajstić information content (AvgIpc) is 3.81. The first-order chi connectivity index (χ1) is 28.6. The molecule has 59 heavy (non-hydrogen) atoms. The molecule has 320 valence electrons. The number of fused-ring (bicyclic) bond motifs is 1. The molecule has 1 fully saturated rings. The molecule has 0 aliphatic carbocycles. The van der Waals surface area contributed by atoms with E-state index in [9.17, 15) is 18.9 Å². The van der Waals surface area contributed by atoms with E-state index in [-0.39, 0.29) is 41.7 Å². The number of hydrogen-bond acceptors (Lipinski definition) is 11. The SMILES string of the molecule is C#C[C@]1(CO[P@](=O)(N[C@@H](Cc2ccccc2)C(=O)OC(CCCCCCCC)CCCCCCCC)Oc2ccccc2)O[C@@H](n2cnc3c(N)nc(F)nc32)C[C@@H]1O.